The van der Waals surface area contributed by atoms with Crippen LogP contribution in [0.4, 0.5) is 0 Å². The van der Waals surface area contributed by atoms with Crippen molar-refractivity contribution in [1.82, 2.24) is 0 Å². The molecule has 1 fully saturated rings. The number of rotatable bonds is 38. The van der Waals surface area contributed by atoms with E-state index in [1.807, 2.05) is 0 Å². The summed E-state index contributed by atoms with van der Waals surface area (Å²) in [7, 11) is -4.88. The number of unbranched alkanes of at least 4 members (excludes halogenated alkanes) is 23. The maximum Gasteiger partial charge on any atom is 0.397 e. The fourth-order valence-electron chi connectivity index (χ4n) is 6.79. The van der Waals surface area contributed by atoms with Crippen LogP contribution in [0.1, 0.15) is 194 Å². The maximum absolute atomic E-state index is 12.8. The Morgan fingerprint density at radius 1 is 0.596 bits per heavy atom. The van der Waals surface area contributed by atoms with Crippen LogP contribution in [0.25, 0.3) is 0 Å². The Labute approximate surface area is 344 Å². The molecule has 0 bridgehead atoms. The molecule has 1 aliphatic rings. The summed E-state index contributed by atoms with van der Waals surface area (Å²) in [6, 6.07) is 0. The van der Waals surface area contributed by atoms with E-state index >= 15 is 0 Å². The molecule has 1 rings (SSSR count). The van der Waals surface area contributed by atoms with E-state index < -0.39 is 72.4 Å². The number of allylic oxidation sites excluding steroid dienone is 2. The molecule has 0 saturated carbocycles. The molecule has 1 unspecified atom stereocenters. The van der Waals surface area contributed by atoms with Crippen molar-refractivity contribution in [3.8, 4) is 0 Å². The third kappa shape index (κ3) is 30.1. The van der Waals surface area contributed by atoms with Crippen LogP contribution in [-0.2, 0) is 43.1 Å². The fraction of sp³-hybridized carbons (Fsp3) is 0.907. The number of esters is 2. The Morgan fingerprint density at radius 3 is 1.51 bits per heavy atom. The van der Waals surface area contributed by atoms with E-state index in [4.69, 9.17) is 23.5 Å². The first kappa shape index (κ1) is 53.4. The molecule has 4 N–H and O–H groups in total. The average Bonchev–Trinajstić information content (AvgIpc) is 3.18. The number of hydrogen-bond donors (Lipinski definition) is 4. The Hall–Kier alpha value is -1.65. The summed E-state index contributed by atoms with van der Waals surface area (Å²) in [6.07, 6.45) is 25.6. The largest absolute Gasteiger partial charge is 0.462 e. The second-order valence-corrected chi connectivity index (χ2v) is 16.8. The Kier molecular flexibility index (Phi) is 32.9. The zero-order valence-electron chi connectivity index (χ0n) is 35.4. The van der Waals surface area contributed by atoms with Gasteiger partial charge in [-0.25, -0.2) is 4.18 Å². The van der Waals surface area contributed by atoms with E-state index in [0.29, 0.717) is 12.8 Å². The SMILES string of the molecule is CCCCCCCC/C=C/CCCCCCCC(=O)OCC(CO[C@H]1O[C@H](COS(=O)(=O)O)[C@@H](O)[C@H](O)[C@H]1O)OC(=O)CCCCCCCCCCCCCCC. The fourth-order valence-corrected chi connectivity index (χ4v) is 7.10. The van der Waals surface area contributed by atoms with E-state index in [1.54, 1.807) is 0 Å². The van der Waals surface area contributed by atoms with Gasteiger partial charge in [0.15, 0.2) is 12.4 Å². The second-order valence-electron chi connectivity index (χ2n) is 15.7. The minimum absolute atomic E-state index is 0.166. The van der Waals surface area contributed by atoms with Crippen molar-refractivity contribution < 1.29 is 61.0 Å². The van der Waals surface area contributed by atoms with Crippen LogP contribution >= 0.6 is 0 Å². The number of aliphatic hydroxyl groups excluding tert-OH is 3. The standard InChI is InChI=1S/C43H80O13S/c1-3-5-7-9-11-13-15-17-18-20-21-23-25-27-29-31-38(44)52-33-36(34-53-43-42(48)41(47)40(46)37(56-43)35-54-57(49,50)51)55-39(45)32-30-28-26-24-22-19-16-14-12-10-8-6-4-2/h17-18,36-37,40-43,46-48H,3-16,19-35H2,1-2H3,(H,49,50,51)/b18-17+/t36?,37-,40-,41+,42-,43+/m1/s1. The lowest BCUT2D eigenvalue weighted by Crippen LogP contribution is -2.59. The molecule has 336 valence electrons. The summed E-state index contributed by atoms with van der Waals surface area (Å²) in [5, 5.41) is 31.0. The lowest BCUT2D eigenvalue weighted by atomic mass is 9.99. The maximum atomic E-state index is 12.8. The van der Waals surface area contributed by atoms with Crippen LogP contribution in [0.15, 0.2) is 12.2 Å². The first-order valence-corrected chi connectivity index (χ1v) is 23.8. The van der Waals surface area contributed by atoms with Gasteiger partial charge in [-0.2, -0.15) is 8.42 Å². The minimum atomic E-state index is -4.88. The van der Waals surface area contributed by atoms with E-state index in [-0.39, 0.29) is 19.4 Å². The van der Waals surface area contributed by atoms with Crippen LogP contribution in [-0.4, -0.2) is 96.9 Å². The lowest BCUT2D eigenvalue weighted by molar-refractivity contribution is -0.304. The summed E-state index contributed by atoms with van der Waals surface area (Å²) < 4.78 is 57.3. The molecule has 57 heavy (non-hydrogen) atoms. The molecule has 0 amide bonds. The molecule has 0 aromatic rings. The summed E-state index contributed by atoms with van der Waals surface area (Å²) in [6.45, 7) is 2.89. The van der Waals surface area contributed by atoms with Crippen molar-refractivity contribution in [3.05, 3.63) is 12.2 Å². The second kappa shape index (κ2) is 35.1. The van der Waals surface area contributed by atoms with Gasteiger partial charge in [-0.15, -0.1) is 0 Å². The number of aliphatic hydroxyl groups is 3. The zero-order chi connectivity index (χ0) is 42.0. The van der Waals surface area contributed by atoms with Gasteiger partial charge in [0.1, 0.15) is 31.0 Å². The van der Waals surface area contributed by atoms with Crippen LogP contribution in [0.5, 0.6) is 0 Å². The quantitative estimate of drug-likeness (QED) is 0.0200. The Balaban J connectivity index is 2.48. The molecule has 0 radical (unpaired) electrons. The summed E-state index contributed by atoms with van der Waals surface area (Å²) in [5.74, 6) is -0.944. The van der Waals surface area contributed by atoms with Gasteiger partial charge >= 0.3 is 22.3 Å². The Morgan fingerprint density at radius 2 is 1.04 bits per heavy atom. The van der Waals surface area contributed by atoms with Crippen molar-refractivity contribution in [2.45, 2.75) is 230 Å². The van der Waals surface area contributed by atoms with Gasteiger partial charge in [-0.3, -0.25) is 14.1 Å². The normalized spacial score (nSPS) is 20.6. The first-order chi connectivity index (χ1) is 27.5. The summed E-state index contributed by atoms with van der Waals surface area (Å²) in [5.41, 5.74) is 0. The molecule has 14 heteroatoms. The molecule has 1 aliphatic heterocycles. The highest BCUT2D eigenvalue weighted by molar-refractivity contribution is 7.80. The Bertz CT molecular complexity index is 1120. The molecular weight excluding hydrogens is 757 g/mol. The van der Waals surface area contributed by atoms with E-state index in [1.165, 1.54) is 96.3 Å². The van der Waals surface area contributed by atoms with Gasteiger partial charge in [-0.05, 0) is 38.5 Å². The predicted molar refractivity (Wildman–Crippen MR) is 221 cm³/mol. The van der Waals surface area contributed by atoms with Crippen molar-refractivity contribution in [3.63, 3.8) is 0 Å². The average molecular weight is 837 g/mol. The molecule has 13 nitrogen and oxygen atoms in total. The highest BCUT2D eigenvalue weighted by atomic mass is 32.3. The molecule has 0 spiro atoms. The summed E-state index contributed by atoms with van der Waals surface area (Å²) >= 11 is 0. The van der Waals surface area contributed by atoms with Crippen molar-refractivity contribution in [2.24, 2.45) is 0 Å². The molecule has 0 aliphatic carbocycles. The van der Waals surface area contributed by atoms with Gasteiger partial charge in [-0.1, -0.05) is 154 Å². The van der Waals surface area contributed by atoms with E-state index in [2.05, 4.69) is 30.2 Å². The smallest absolute Gasteiger partial charge is 0.397 e. The van der Waals surface area contributed by atoms with Crippen LogP contribution in [0.3, 0.4) is 0 Å². The zero-order valence-corrected chi connectivity index (χ0v) is 36.2. The monoisotopic (exact) mass is 837 g/mol. The van der Waals surface area contributed by atoms with Crippen LogP contribution < -0.4 is 0 Å². The number of carbonyl (C=O) groups excluding carboxylic acids is 2. The third-order valence-electron chi connectivity index (χ3n) is 10.4. The van der Waals surface area contributed by atoms with Gasteiger partial charge in [0.05, 0.1) is 13.2 Å². The van der Waals surface area contributed by atoms with Gasteiger partial charge in [0.25, 0.3) is 0 Å². The van der Waals surface area contributed by atoms with Crippen LogP contribution in [0, 0.1) is 0 Å². The van der Waals surface area contributed by atoms with Crippen molar-refractivity contribution >= 4 is 22.3 Å². The minimum Gasteiger partial charge on any atom is -0.462 e. The third-order valence-corrected chi connectivity index (χ3v) is 10.8. The van der Waals surface area contributed by atoms with Gasteiger partial charge in [0, 0.05) is 12.8 Å². The van der Waals surface area contributed by atoms with Crippen molar-refractivity contribution in [2.75, 3.05) is 19.8 Å². The highest BCUT2D eigenvalue weighted by Gasteiger charge is 2.45. The van der Waals surface area contributed by atoms with E-state index in [0.717, 1.165) is 57.8 Å². The molecule has 6 atom stereocenters. The highest BCUT2D eigenvalue weighted by Crippen LogP contribution is 2.23. The summed E-state index contributed by atoms with van der Waals surface area (Å²) in [4.78, 5) is 25.4. The van der Waals surface area contributed by atoms with Crippen LogP contribution in [0.2, 0.25) is 0 Å². The molecule has 1 saturated heterocycles. The predicted octanol–water partition coefficient (Wildman–Crippen LogP) is 8.60. The molecule has 0 aromatic carbocycles. The molecule has 1 heterocycles. The lowest BCUT2D eigenvalue weighted by Gasteiger charge is -2.40. The first-order valence-electron chi connectivity index (χ1n) is 22.4. The number of hydrogen-bond acceptors (Lipinski definition) is 12. The number of carbonyl (C=O) groups is 2. The molecular formula is C43H80O13S. The van der Waals surface area contributed by atoms with Gasteiger partial charge in [0.2, 0.25) is 0 Å². The molecule has 0 aromatic heterocycles. The van der Waals surface area contributed by atoms with E-state index in [9.17, 15) is 33.3 Å². The topological polar surface area (TPSA) is 195 Å². The number of ether oxygens (including phenoxy) is 4. The van der Waals surface area contributed by atoms with Crippen molar-refractivity contribution in [1.29, 1.82) is 0 Å². The van der Waals surface area contributed by atoms with Gasteiger partial charge < -0.3 is 34.3 Å².